The second-order valence-corrected chi connectivity index (χ2v) is 7.57. The normalized spacial score (nSPS) is 10.9. The smallest absolute Gasteiger partial charge is 0.244 e. The lowest BCUT2D eigenvalue weighted by Crippen LogP contribution is -2.23. The number of hydrazone groups is 1. The fourth-order valence-electron chi connectivity index (χ4n) is 3.19. The highest BCUT2D eigenvalue weighted by molar-refractivity contribution is 6.07. The van der Waals surface area contributed by atoms with Crippen molar-refractivity contribution in [3.63, 3.8) is 0 Å². The molecule has 0 unspecified atom stereocenters. The Labute approximate surface area is 192 Å². The summed E-state index contributed by atoms with van der Waals surface area (Å²) in [5, 5.41) is 9.44. The van der Waals surface area contributed by atoms with Crippen molar-refractivity contribution in [3.05, 3.63) is 84.4 Å². The van der Waals surface area contributed by atoms with Crippen LogP contribution < -0.4 is 16.1 Å². The number of hydrogen-bond acceptors (Lipinski definition) is 4. The van der Waals surface area contributed by atoms with E-state index in [0.717, 1.165) is 16.7 Å². The summed E-state index contributed by atoms with van der Waals surface area (Å²) in [7, 11) is 0. The molecular weight excluding hydrogens is 416 g/mol. The number of benzene rings is 3. The van der Waals surface area contributed by atoms with Crippen LogP contribution in [0.3, 0.4) is 0 Å². The molecule has 0 saturated carbocycles. The van der Waals surface area contributed by atoms with Gasteiger partial charge in [-0.2, -0.15) is 5.10 Å². The minimum atomic E-state index is -0.306. The maximum Gasteiger partial charge on any atom is 0.244 e. The van der Waals surface area contributed by atoms with E-state index >= 15 is 0 Å². The third-order valence-corrected chi connectivity index (χ3v) is 4.73. The maximum atomic E-state index is 12.3. The van der Waals surface area contributed by atoms with E-state index in [-0.39, 0.29) is 30.6 Å². The van der Waals surface area contributed by atoms with Crippen molar-refractivity contribution in [1.29, 1.82) is 0 Å². The molecule has 0 aliphatic carbocycles. The van der Waals surface area contributed by atoms with E-state index in [1.165, 1.54) is 6.92 Å². The van der Waals surface area contributed by atoms with Crippen LogP contribution in [0.1, 0.15) is 25.8 Å². The van der Waals surface area contributed by atoms with E-state index in [2.05, 4.69) is 21.2 Å². The first kappa shape index (κ1) is 23.4. The molecule has 3 aromatic carbocycles. The average molecular weight is 443 g/mol. The molecule has 168 valence electrons. The Hall–Kier alpha value is -4.26. The predicted molar refractivity (Wildman–Crippen MR) is 131 cm³/mol. The monoisotopic (exact) mass is 442 g/mol. The molecule has 7 heteroatoms. The quantitative estimate of drug-likeness (QED) is 0.357. The molecule has 0 spiro atoms. The molecule has 3 aromatic rings. The van der Waals surface area contributed by atoms with Crippen molar-refractivity contribution < 1.29 is 14.4 Å². The zero-order chi connectivity index (χ0) is 23.6. The Balaban J connectivity index is 1.50. The Morgan fingerprint density at radius 3 is 1.91 bits per heavy atom. The molecule has 0 radical (unpaired) electrons. The van der Waals surface area contributed by atoms with Gasteiger partial charge >= 0.3 is 0 Å². The molecular formula is C26H26N4O3. The largest absolute Gasteiger partial charge is 0.325 e. The fraction of sp³-hybridized carbons (Fsp3) is 0.154. The van der Waals surface area contributed by atoms with Crippen LogP contribution in [-0.2, 0) is 20.8 Å². The molecule has 0 bridgehead atoms. The Morgan fingerprint density at radius 1 is 0.697 bits per heavy atom. The lowest BCUT2D eigenvalue weighted by Gasteiger charge is -2.11. The molecule has 3 N–H and O–H groups in total. The lowest BCUT2D eigenvalue weighted by atomic mass is 10.0. The first-order chi connectivity index (χ1) is 15.9. The topological polar surface area (TPSA) is 99.7 Å². The second-order valence-electron chi connectivity index (χ2n) is 7.57. The first-order valence-corrected chi connectivity index (χ1v) is 10.5. The first-order valence-electron chi connectivity index (χ1n) is 10.5. The minimum Gasteiger partial charge on any atom is -0.325 e. The van der Waals surface area contributed by atoms with Gasteiger partial charge < -0.3 is 10.6 Å². The fourth-order valence-corrected chi connectivity index (χ4v) is 3.19. The molecule has 0 fully saturated rings. The molecule has 0 aliphatic heterocycles. The van der Waals surface area contributed by atoms with Gasteiger partial charge in [-0.3, -0.25) is 14.4 Å². The van der Waals surface area contributed by atoms with Crippen LogP contribution in [0.15, 0.2) is 84.0 Å². The van der Waals surface area contributed by atoms with Gasteiger partial charge in [-0.05, 0) is 35.7 Å². The number of amides is 3. The second kappa shape index (κ2) is 11.4. The zero-order valence-electron chi connectivity index (χ0n) is 18.6. The summed E-state index contributed by atoms with van der Waals surface area (Å²) < 4.78 is 0. The van der Waals surface area contributed by atoms with Gasteiger partial charge in [0, 0.05) is 12.6 Å². The summed E-state index contributed by atoms with van der Waals surface area (Å²) in [5.74, 6) is -0.801. The molecule has 3 rings (SSSR count). The van der Waals surface area contributed by atoms with E-state index in [9.17, 15) is 14.4 Å². The van der Waals surface area contributed by atoms with Crippen LogP contribution in [-0.4, -0.2) is 23.4 Å². The van der Waals surface area contributed by atoms with Gasteiger partial charge in [0.1, 0.15) is 0 Å². The van der Waals surface area contributed by atoms with Crippen molar-refractivity contribution in [2.75, 3.05) is 10.6 Å². The molecule has 0 aliphatic rings. The van der Waals surface area contributed by atoms with E-state index in [1.807, 2.05) is 54.6 Å². The summed E-state index contributed by atoms with van der Waals surface area (Å²) in [6, 6.07) is 24.7. The van der Waals surface area contributed by atoms with Gasteiger partial charge in [-0.25, -0.2) is 5.43 Å². The standard InChI is InChI=1S/C26H26N4O3/c1-18(16-25(32)28-24-11-7-6-10-23(24)27-19(2)31)29-30-26(33)17-20-12-14-22(15-13-20)21-8-4-3-5-9-21/h3-15H,16-17H2,1-2H3,(H,27,31)(H,28,32)(H,30,33)/b29-18-. The third kappa shape index (κ3) is 7.43. The number of para-hydroxylation sites is 2. The van der Waals surface area contributed by atoms with Crippen LogP contribution >= 0.6 is 0 Å². The van der Waals surface area contributed by atoms with Gasteiger partial charge in [-0.1, -0.05) is 66.7 Å². The minimum absolute atomic E-state index is 0.000455. The number of carbonyl (C=O) groups excluding carboxylic acids is 3. The van der Waals surface area contributed by atoms with Crippen molar-refractivity contribution in [2.45, 2.75) is 26.7 Å². The number of carbonyl (C=O) groups is 3. The summed E-state index contributed by atoms with van der Waals surface area (Å²) in [6.07, 6.45) is 0.183. The van der Waals surface area contributed by atoms with Crippen molar-refractivity contribution in [2.24, 2.45) is 5.10 Å². The Morgan fingerprint density at radius 2 is 1.27 bits per heavy atom. The van der Waals surface area contributed by atoms with Gasteiger partial charge in [0.15, 0.2) is 0 Å². The highest BCUT2D eigenvalue weighted by atomic mass is 16.2. The van der Waals surface area contributed by atoms with Crippen molar-refractivity contribution in [3.8, 4) is 11.1 Å². The lowest BCUT2D eigenvalue weighted by molar-refractivity contribution is -0.120. The highest BCUT2D eigenvalue weighted by Crippen LogP contribution is 2.21. The number of nitrogens with one attached hydrogen (secondary N) is 3. The van der Waals surface area contributed by atoms with E-state index in [0.29, 0.717) is 17.1 Å². The van der Waals surface area contributed by atoms with Crippen molar-refractivity contribution >= 4 is 34.8 Å². The summed E-state index contributed by atoms with van der Waals surface area (Å²) in [5.41, 5.74) is 7.03. The molecule has 7 nitrogen and oxygen atoms in total. The van der Waals surface area contributed by atoms with Crippen LogP contribution in [0, 0.1) is 0 Å². The van der Waals surface area contributed by atoms with E-state index in [1.54, 1.807) is 31.2 Å². The number of nitrogens with zero attached hydrogens (tertiary/aromatic N) is 1. The third-order valence-electron chi connectivity index (χ3n) is 4.73. The van der Waals surface area contributed by atoms with Crippen molar-refractivity contribution in [1.82, 2.24) is 5.43 Å². The number of rotatable bonds is 8. The van der Waals surface area contributed by atoms with E-state index in [4.69, 9.17) is 0 Å². The van der Waals surface area contributed by atoms with E-state index < -0.39 is 0 Å². The summed E-state index contributed by atoms with van der Waals surface area (Å²) in [4.78, 5) is 35.9. The van der Waals surface area contributed by atoms with Gasteiger partial charge in [0.25, 0.3) is 0 Å². The number of anilines is 2. The van der Waals surface area contributed by atoms with Crippen LogP contribution in [0.4, 0.5) is 11.4 Å². The molecule has 33 heavy (non-hydrogen) atoms. The predicted octanol–water partition coefficient (Wildman–Crippen LogP) is 4.38. The number of hydrogen-bond donors (Lipinski definition) is 3. The summed E-state index contributed by atoms with van der Waals surface area (Å²) >= 11 is 0. The van der Waals surface area contributed by atoms with Crippen LogP contribution in [0.25, 0.3) is 11.1 Å². The molecule has 0 heterocycles. The maximum absolute atomic E-state index is 12.3. The van der Waals surface area contributed by atoms with Crippen LogP contribution in [0.5, 0.6) is 0 Å². The molecule has 3 amide bonds. The highest BCUT2D eigenvalue weighted by Gasteiger charge is 2.10. The zero-order valence-corrected chi connectivity index (χ0v) is 18.6. The van der Waals surface area contributed by atoms with Gasteiger partial charge in [0.05, 0.1) is 24.2 Å². The molecule has 0 atom stereocenters. The average Bonchev–Trinajstić information content (AvgIpc) is 2.80. The Bertz CT molecular complexity index is 1160. The molecule has 0 saturated heterocycles. The SMILES string of the molecule is CC(=O)Nc1ccccc1NC(=O)C/C(C)=N\NC(=O)Cc1ccc(-c2ccccc2)cc1. The molecule has 0 aromatic heterocycles. The van der Waals surface area contributed by atoms with Crippen LogP contribution in [0.2, 0.25) is 0 Å². The summed E-state index contributed by atoms with van der Waals surface area (Å²) in [6.45, 7) is 3.06. The van der Waals surface area contributed by atoms with Gasteiger partial charge in [-0.15, -0.1) is 0 Å². The van der Waals surface area contributed by atoms with Gasteiger partial charge in [0.2, 0.25) is 17.7 Å². The Kier molecular flexibility index (Phi) is 8.07.